The quantitative estimate of drug-likeness (QED) is 0.726. The van der Waals surface area contributed by atoms with Gasteiger partial charge in [0, 0.05) is 13.6 Å². The van der Waals surface area contributed by atoms with Crippen LogP contribution in [0.25, 0.3) is 0 Å². The molecule has 4 nitrogen and oxygen atoms in total. The number of nitrogens with zero attached hydrogens (tertiary/aromatic N) is 1. The van der Waals surface area contributed by atoms with Crippen LogP contribution in [0.3, 0.4) is 0 Å². The largest absolute Gasteiger partial charge is 0.494 e. The first-order valence-corrected chi connectivity index (χ1v) is 8.29. The highest BCUT2D eigenvalue weighted by Crippen LogP contribution is 2.31. The lowest BCUT2D eigenvalue weighted by molar-refractivity contribution is -0.132. The molecule has 0 radical (unpaired) electrons. The van der Waals surface area contributed by atoms with Crippen molar-refractivity contribution in [1.29, 1.82) is 0 Å². The molecule has 2 aromatic rings. The Bertz CT molecular complexity index is 689. The molecule has 0 fully saturated rings. The van der Waals surface area contributed by atoms with Gasteiger partial charge in [-0.05, 0) is 36.8 Å². The number of amides is 1. The van der Waals surface area contributed by atoms with Crippen LogP contribution >= 0.6 is 23.2 Å². The third-order valence-electron chi connectivity index (χ3n) is 3.35. The predicted molar refractivity (Wildman–Crippen MR) is 96.0 cm³/mol. The average Bonchev–Trinajstić information content (AvgIpc) is 2.58. The maximum absolute atomic E-state index is 12.2. The van der Waals surface area contributed by atoms with Crippen molar-refractivity contribution in [3.63, 3.8) is 0 Å². The van der Waals surface area contributed by atoms with Crippen LogP contribution < -0.4 is 9.47 Å². The molecule has 24 heavy (non-hydrogen) atoms. The van der Waals surface area contributed by atoms with Crippen LogP contribution in [0.2, 0.25) is 10.0 Å². The summed E-state index contributed by atoms with van der Waals surface area (Å²) in [6, 6.07) is 12.7. The van der Waals surface area contributed by atoms with E-state index in [2.05, 4.69) is 0 Å². The summed E-state index contributed by atoms with van der Waals surface area (Å²) in [5.74, 6) is 1.06. The molecular weight excluding hydrogens is 349 g/mol. The SMILES string of the molecule is CCOc1ccc(CN(C)C(=O)COc2cccc(Cl)c2Cl)cc1. The van der Waals surface area contributed by atoms with Gasteiger partial charge in [0.1, 0.15) is 16.5 Å². The molecule has 128 valence electrons. The molecule has 0 bridgehead atoms. The first kappa shape index (κ1) is 18.4. The van der Waals surface area contributed by atoms with Crippen LogP contribution in [0.4, 0.5) is 0 Å². The van der Waals surface area contributed by atoms with Crippen LogP contribution in [-0.4, -0.2) is 31.1 Å². The Kier molecular flexibility index (Phi) is 6.76. The molecule has 0 aliphatic heterocycles. The van der Waals surface area contributed by atoms with Gasteiger partial charge in [-0.15, -0.1) is 0 Å². The molecule has 0 saturated carbocycles. The Balaban J connectivity index is 1.88. The van der Waals surface area contributed by atoms with E-state index in [4.69, 9.17) is 32.7 Å². The topological polar surface area (TPSA) is 38.8 Å². The second kappa shape index (κ2) is 8.81. The lowest BCUT2D eigenvalue weighted by atomic mass is 10.2. The summed E-state index contributed by atoms with van der Waals surface area (Å²) < 4.78 is 10.9. The first-order valence-electron chi connectivity index (χ1n) is 7.53. The molecule has 0 atom stereocenters. The summed E-state index contributed by atoms with van der Waals surface area (Å²) in [7, 11) is 1.72. The van der Waals surface area contributed by atoms with Crippen molar-refractivity contribution in [3.8, 4) is 11.5 Å². The van der Waals surface area contributed by atoms with Gasteiger partial charge >= 0.3 is 0 Å². The number of carbonyl (C=O) groups is 1. The molecule has 2 rings (SSSR count). The van der Waals surface area contributed by atoms with E-state index < -0.39 is 0 Å². The van der Waals surface area contributed by atoms with Crippen LogP contribution in [0.1, 0.15) is 12.5 Å². The zero-order valence-corrected chi connectivity index (χ0v) is 15.1. The molecule has 0 N–H and O–H groups in total. The van der Waals surface area contributed by atoms with E-state index in [0.29, 0.717) is 28.9 Å². The van der Waals surface area contributed by atoms with Crippen molar-refractivity contribution in [2.45, 2.75) is 13.5 Å². The van der Waals surface area contributed by atoms with E-state index in [9.17, 15) is 4.79 Å². The van der Waals surface area contributed by atoms with Crippen molar-refractivity contribution in [2.75, 3.05) is 20.3 Å². The molecule has 0 unspecified atom stereocenters. The molecule has 0 saturated heterocycles. The summed E-state index contributed by atoms with van der Waals surface area (Å²) in [5.41, 5.74) is 1.01. The van der Waals surface area contributed by atoms with E-state index in [1.807, 2.05) is 31.2 Å². The highest BCUT2D eigenvalue weighted by Gasteiger charge is 2.12. The van der Waals surface area contributed by atoms with Crippen LogP contribution in [0.15, 0.2) is 42.5 Å². The van der Waals surface area contributed by atoms with Gasteiger partial charge < -0.3 is 14.4 Å². The van der Waals surface area contributed by atoms with E-state index in [0.717, 1.165) is 11.3 Å². The van der Waals surface area contributed by atoms with Gasteiger partial charge in [0.15, 0.2) is 6.61 Å². The van der Waals surface area contributed by atoms with Crippen LogP contribution in [0, 0.1) is 0 Å². The molecule has 0 spiro atoms. The van der Waals surface area contributed by atoms with E-state index in [1.165, 1.54) is 0 Å². The summed E-state index contributed by atoms with van der Waals surface area (Å²) in [6.45, 7) is 2.94. The van der Waals surface area contributed by atoms with Gasteiger partial charge in [0.2, 0.25) is 0 Å². The number of hydrogen-bond donors (Lipinski definition) is 0. The number of benzene rings is 2. The zero-order chi connectivity index (χ0) is 17.5. The number of ether oxygens (including phenoxy) is 2. The molecule has 0 aromatic heterocycles. The fourth-order valence-corrected chi connectivity index (χ4v) is 2.41. The zero-order valence-electron chi connectivity index (χ0n) is 13.6. The van der Waals surface area contributed by atoms with E-state index in [-0.39, 0.29) is 12.5 Å². The lowest BCUT2D eigenvalue weighted by Crippen LogP contribution is -2.31. The number of hydrogen-bond acceptors (Lipinski definition) is 3. The normalized spacial score (nSPS) is 10.3. The minimum absolute atomic E-state index is 0.104. The van der Waals surface area contributed by atoms with Gasteiger partial charge in [-0.2, -0.15) is 0 Å². The highest BCUT2D eigenvalue weighted by molar-refractivity contribution is 6.42. The Morgan fingerprint density at radius 2 is 1.79 bits per heavy atom. The molecule has 6 heteroatoms. The molecule has 0 heterocycles. The van der Waals surface area contributed by atoms with Crippen LogP contribution in [0.5, 0.6) is 11.5 Å². The van der Waals surface area contributed by atoms with Crippen LogP contribution in [-0.2, 0) is 11.3 Å². The average molecular weight is 368 g/mol. The summed E-state index contributed by atoms with van der Waals surface area (Å²) in [6.07, 6.45) is 0. The molecule has 0 aliphatic carbocycles. The summed E-state index contributed by atoms with van der Waals surface area (Å²) in [4.78, 5) is 13.8. The smallest absolute Gasteiger partial charge is 0.260 e. The fourth-order valence-electron chi connectivity index (χ4n) is 2.06. The van der Waals surface area contributed by atoms with Crippen molar-refractivity contribution in [1.82, 2.24) is 4.90 Å². The van der Waals surface area contributed by atoms with Gasteiger partial charge in [0.25, 0.3) is 5.91 Å². The van der Waals surface area contributed by atoms with Crippen molar-refractivity contribution < 1.29 is 14.3 Å². The Morgan fingerprint density at radius 3 is 2.46 bits per heavy atom. The molecule has 2 aromatic carbocycles. The second-order valence-corrected chi connectivity index (χ2v) is 5.95. The maximum atomic E-state index is 12.2. The number of carbonyl (C=O) groups excluding carboxylic acids is 1. The van der Waals surface area contributed by atoms with Crippen molar-refractivity contribution in [3.05, 3.63) is 58.1 Å². The van der Waals surface area contributed by atoms with Crippen molar-refractivity contribution >= 4 is 29.1 Å². The minimum Gasteiger partial charge on any atom is -0.494 e. The molecule has 1 amide bonds. The van der Waals surface area contributed by atoms with Gasteiger partial charge in [0.05, 0.1) is 11.6 Å². The van der Waals surface area contributed by atoms with Crippen molar-refractivity contribution in [2.24, 2.45) is 0 Å². The molecular formula is C18H19Cl2NO3. The maximum Gasteiger partial charge on any atom is 0.260 e. The predicted octanol–water partition coefficient (Wildman–Crippen LogP) is 4.43. The highest BCUT2D eigenvalue weighted by atomic mass is 35.5. The van der Waals surface area contributed by atoms with E-state index >= 15 is 0 Å². The van der Waals surface area contributed by atoms with Gasteiger partial charge in [-0.1, -0.05) is 41.4 Å². The Morgan fingerprint density at radius 1 is 1.08 bits per heavy atom. The summed E-state index contributed by atoms with van der Waals surface area (Å²) in [5, 5.41) is 0.700. The third-order valence-corrected chi connectivity index (χ3v) is 4.15. The Labute approximate surface area is 151 Å². The molecule has 0 aliphatic rings. The minimum atomic E-state index is -0.153. The number of halogens is 2. The lowest BCUT2D eigenvalue weighted by Gasteiger charge is -2.18. The first-order chi connectivity index (χ1) is 11.5. The van der Waals surface area contributed by atoms with E-state index in [1.54, 1.807) is 30.1 Å². The fraction of sp³-hybridized carbons (Fsp3) is 0.278. The monoisotopic (exact) mass is 367 g/mol. The second-order valence-electron chi connectivity index (χ2n) is 5.17. The third kappa shape index (κ3) is 5.05. The standard InChI is InChI=1S/C18H19Cl2NO3/c1-3-23-14-9-7-13(8-10-14)11-21(2)17(22)12-24-16-6-4-5-15(19)18(16)20/h4-10H,3,11-12H2,1-2H3. The van der Waals surface area contributed by atoms with Gasteiger partial charge in [-0.3, -0.25) is 4.79 Å². The number of rotatable bonds is 7. The number of likely N-dealkylation sites (N-methyl/N-ethyl adjacent to an activating group) is 1. The Hall–Kier alpha value is -1.91. The van der Waals surface area contributed by atoms with Gasteiger partial charge in [-0.25, -0.2) is 0 Å². The summed E-state index contributed by atoms with van der Waals surface area (Å²) >= 11 is 11.9.